The number of hydrogen-bond donors (Lipinski definition) is 2. The van der Waals surface area contributed by atoms with Crippen LogP contribution in [0.15, 0.2) is 0 Å². The molecule has 0 amide bonds. The average molecular weight is 251 g/mol. The molecule has 0 saturated carbocycles. The van der Waals surface area contributed by atoms with Crippen molar-refractivity contribution in [3.63, 3.8) is 0 Å². The van der Waals surface area contributed by atoms with Gasteiger partial charge in [-0.1, -0.05) is 0 Å². The molecule has 0 aromatic heterocycles. The summed E-state index contributed by atoms with van der Waals surface area (Å²) in [5, 5.41) is 8.57. The van der Waals surface area contributed by atoms with Gasteiger partial charge in [0.05, 0.1) is 0 Å². The van der Waals surface area contributed by atoms with Crippen LogP contribution in [-0.4, -0.2) is 48.1 Å². The predicted octanol–water partition coefficient (Wildman–Crippen LogP) is 0.921. The van der Waals surface area contributed by atoms with Crippen molar-refractivity contribution in [2.45, 2.75) is 32.6 Å². The normalized spacial score (nSPS) is 13.0. The molecule has 0 aromatic rings. The van der Waals surface area contributed by atoms with E-state index in [1.807, 2.05) is 13.8 Å². The number of aliphatic carboxylic acids is 1. The Kier molecular flexibility index (Phi) is 9.71. The van der Waals surface area contributed by atoms with Crippen molar-refractivity contribution in [3.05, 3.63) is 0 Å². The Hall–Kier alpha value is -0.300. The molecule has 96 valence electrons. The Labute approximate surface area is 101 Å². The van der Waals surface area contributed by atoms with Crippen LogP contribution >= 0.6 is 11.8 Å². The molecular weight excluding hydrogens is 230 g/mol. The molecule has 5 nitrogen and oxygen atoms in total. The Morgan fingerprint density at radius 1 is 1.38 bits per heavy atom. The highest BCUT2D eigenvalue weighted by molar-refractivity contribution is 7.99. The van der Waals surface area contributed by atoms with Crippen LogP contribution in [0, 0.1) is 0 Å². The fraction of sp³-hybridized carbons (Fsp3) is 0.900. The van der Waals surface area contributed by atoms with E-state index < -0.39 is 12.0 Å². The summed E-state index contributed by atoms with van der Waals surface area (Å²) in [6.07, 6.45) is 0.558. The van der Waals surface area contributed by atoms with Crippen LogP contribution in [-0.2, 0) is 14.3 Å². The number of carbonyl (C=O) groups is 1. The lowest BCUT2D eigenvalue weighted by molar-refractivity contribution is -0.137. The van der Waals surface area contributed by atoms with Crippen molar-refractivity contribution in [2.24, 2.45) is 5.73 Å². The molecule has 0 radical (unpaired) electrons. The predicted molar refractivity (Wildman–Crippen MR) is 64.6 cm³/mol. The van der Waals surface area contributed by atoms with Crippen LogP contribution in [0.5, 0.6) is 0 Å². The molecule has 6 heteroatoms. The van der Waals surface area contributed by atoms with Gasteiger partial charge in [-0.15, -0.1) is 0 Å². The minimum Gasteiger partial charge on any atom is -0.480 e. The van der Waals surface area contributed by atoms with E-state index in [-0.39, 0.29) is 6.29 Å². The Morgan fingerprint density at radius 2 is 1.94 bits per heavy atom. The van der Waals surface area contributed by atoms with Crippen molar-refractivity contribution >= 4 is 17.7 Å². The first-order chi connectivity index (χ1) is 7.61. The molecule has 0 aliphatic heterocycles. The third kappa shape index (κ3) is 7.92. The third-order valence-electron chi connectivity index (χ3n) is 1.82. The summed E-state index contributed by atoms with van der Waals surface area (Å²) in [5.74, 6) is 0.241. The maximum absolute atomic E-state index is 10.4. The van der Waals surface area contributed by atoms with E-state index in [1.54, 1.807) is 0 Å². The number of nitrogens with two attached hydrogens (primary N) is 1. The van der Waals surface area contributed by atoms with Crippen molar-refractivity contribution in [3.8, 4) is 0 Å². The lowest BCUT2D eigenvalue weighted by atomic mass is 10.4. The molecule has 16 heavy (non-hydrogen) atoms. The van der Waals surface area contributed by atoms with Gasteiger partial charge in [0, 0.05) is 25.4 Å². The molecule has 0 bridgehead atoms. The molecule has 0 heterocycles. The zero-order valence-electron chi connectivity index (χ0n) is 9.85. The maximum atomic E-state index is 10.4. The lowest BCUT2D eigenvalue weighted by Gasteiger charge is -2.16. The Morgan fingerprint density at radius 3 is 2.38 bits per heavy atom. The topological polar surface area (TPSA) is 81.8 Å². The summed E-state index contributed by atoms with van der Waals surface area (Å²) in [6, 6.07) is -0.789. The van der Waals surface area contributed by atoms with E-state index in [0.29, 0.717) is 19.0 Å². The van der Waals surface area contributed by atoms with Crippen LogP contribution < -0.4 is 5.73 Å². The molecular formula is C10H21NO4S. The number of ether oxygens (including phenoxy) is 2. The SMILES string of the molecule is CCOC(CCSCC(N)C(=O)O)OCC. The molecule has 0 fully saturated rings. The smallest absolute Gasteiger partial charge is 0.321 e. The zero-order chi connectivity index (χ0) is 12.4. The van der Waals surface area contributed by atoms with Gasteiger partial charge in [-0.05, 0) is 19.6 Å². The second-order valence-electron chi connectivity index (χ2n) is 3.15. The fourth-order valence-corrected chi connectivity index (χ4v) is 1.97. The van der Waals surface area contributed by atoms with Crippen molar-refractivity contribution in [2.75, 3.05) is 24.7 Å². The first-order valence-electron chi connectivity index (χ1n) is 5.41. The minimum atomic E-state index is -0.960. The monoisotopic (exact) mass is 251 g/mol. The highest BCUT2D eigenvalue weighted by atomic mass is 32.2. The number of rotatable bonds is 10. The van der Waals surface area contributed by atoms with Crippen LogP contribution in [0.1, 0.15) is 20.3 Å². The van der Waals surface area contributed by atoms with Gasteiger partial charge >= 0.3 is 5.97 Å². The molecule has 0 aromatic carbocycles. The summed E-state index contributed by atoms with van der Waals surface area (Å²) in [4.78, 5) is 10.4. The van der Waals surface area contributed by atoms with Gasteiger partial charge in [-0.2, -0.15) is 11.8 Å². The standard InChI is InChI=1S/C10H21NO4S/c1-3-14-9(15-4-2)5-6-16-7-8(11)10(12)13/h8-9H,3-7,11H2,1-2H3,(H,12,13). The largest absolute Gasteiger partial charge is 0.480 e. The van der Waals surface area contributed by atoms with Gasteiger partial charge in [0.25, 0.3) is 0 Å². The van der Waals surface area contributed by atoms with E-state index in [0.717, 1.165) is 12.2 Å². The highest BCUT2D eigenvalue weighted by Crippen LogP contribution is 2.09. The number of hydrogen-bond acceptors (Lipinski definition) is 5. The molecule has 3 N–H and O–H groups in total. The summed E-state index contributed by atoms with van der Waals surface area (Å²) in [5.41, 5.74) is 5.37. The second kappa shape index (κ2) is 9.89. The summed E-state index contributed by atoms with van der Waals surface area (Å²) in [7, 11) is 0. The molecule has 0 saturated heterocycles. The van der Waals surface area contributed by atoms with E-state index in [1.165, 1.54) is 11.8 Å². The second-order valence-corrected chi connectivity index (χ2v) is 4.30. The first kappa shape index (κ1) is 15.7. The van der Waals surface area contributed by atoms with Gasteiger partial charge < -0.3 is 20.3 Å². The Bertz CT molecular complexity index is 186. The van der Waals surface area contributed by atoms with Gasteiger partial charge in [-0.25, -0.2) is 0 Å². The number of carboxylic acids is 1. The summed E-state index contributed by atoms with van der Waals surface area (Å²) in [6.45, 7) is 5.06. The first-order valence-corrected chi connectivity index (χ1v) is 6.56. The number of thioether (sulfide) groups is 1. The van der Waals surface area contributed by atoms with Crippen LogP contribution in [0.3, 0.4) is 0 Å². The number of carboxylic acid groups (broad SMARTS) is 1. The van der Waals surface area contributed by atoms with E-state index in [9.17, 15) is 4.79 Å². The van der Waals surface area contributed by atoms with Crippen LogP contribution in [0.4, 0.5) is 0 Å². The van der Waals surface area contributed by atoms with Crippen LogP contribution in [0.25, 0.3) is 0 Å². The molecule has 1 unspecified atom stereocenters. The van der Waals surface area contributed by atoms with E-state index in [4.69, 9.17) is 20.3 Å². The van der Waals surface area contributed by atoms with Gasteiger partial charge in [0.2, 0.25) is 0 Å². The maximum Gasteiger partial charge on any atom is 0.321 e. The van der Waals surface area contributed by atoms with Gasteiger partial charge in [0.15, 0.2) is 6.29 Å². The molecule has 0 spiro atoms. The molecule has 1 atom stereocenters. The van der Waals surface area contributed by atoms with Crippen molar-refractivity contribution in [1.29, 1.82) is 0 Å². The van der Waals surface area contributed by atoms with Crippen LogP contribution in [0.2, 0.25) is 0 Å². The molecule has 0 rings (SSSR count). The molecule has 0 aliphatic rings. The van der Waals surface area contributed by atoms with E-state index in [2.05, 4.69) is 0 Å². The average Bonchev–Trinajstić information content (AvgIpc) is 2.24. The minimum absolute atomic E-state index is 0.191. The third-order valence-corrected chi connectivity index (χ3v) is 2.94. The summed E-state index contributed by atoms with van der Waals surface area (Å²) < 4.78 is 10.7. The van der Waals surface area contributed by atoms with E-state index >= 15 is 0 Å². The fourth-order valence-electron chi connectivity index (χ4n) is 1.05. The Balaban J connectivity index is 3.57. The lowest BCUT2D eigenvalue weighted by Crippen LogP contribution is -2.32. The zero-order valence-corrected chi connectivity index (χ0v) is 10.7. The van der Waals surface area contributed by atoms with Crippen molar-refractivity contribution in [1.82, 2.24) is 0 Å². The van der Waals surface area contributed by atoms with Gasteiger partial charge in [-0.3, -0.25) is 4.79 Å². The van der Waals surface area contributed by atoms with Gasteiger partial charge in [0.1, 0.15) is 6.04 Å². The van der Waals surface area contributed by atoms with Crippen molar-refractivity contribution < 1.29 is 19.4 Å². The highest BCUT2D eigenvalue weighted by Gasteiger charge is 2.12. The summed E-state index contributed by atoms with van der Waals surface area (Å²) >= 11 is 1.50. The quantitative estimate of drug-likeness (QED) is 0.444. The molecule has 0 aliphatic carbocycles.